The van der Waals surface area contributed by atoms with E-state index in [1.165, 1.54) is 23.6 Å². The van der Waals surface area contributed by atoms with Gasteiger partial charge in [0.1, 0.15) is 6.04 Å². The first-order valence-electron chi connectivity index (χ1n) is 4.63. The van der Waals surface area contributed by atoms with E-state index < -0.39 is 17.6 Å². The van der Waals surface area contributed by atoms with Gasteiger partial charge in [0.05, 0.1) is 11.8 Å². The Labute approximate surface area is 95.7 Å². The zero-order valence-corrected chi connectivity index (χ0v) is 9.08. The third kappa shape index (κ3) is 2.00. The number of carbonyl (C=O) groups is 1. The van der Waals surface area contributed by atoms with Gasteiger partial charge in [-0.25, -0.2) is 4.39 Å². The fraction of sp³-hybridized carbons (Fsp3) is 0.0909. The van der Waals surface area contributed by atoms with E-state index in [-0.39, 0.29) is 5.56 Å². The predicted molar refractivity (Wildman–Crippen MR) is 59.8 cm³/mol. The summed E-state index contributed by atoms with van der Waals surface area (Å²) in [7, 11) is 0. The second-order valence-corrected chi connectivity index (χ2v) is 4.19. The maximum atomic E-state index is 13.3. The largest absolute Gasteiger partial charge is 0.317 e. The normalized spacial score (nSPS) is 12.4. The zero-order valence-electron chi connectivity index (χ0n) is 8.26. The highest BCUT2D eigenvalue weighted by Gasteiger charge is 2.21. The molecule has 1 atom stereocenters. The molecule has 1 unspecified atom stereocenters. The van der Waals surface area contributed by atoms with Crippen molar-refractivity contribution in [2.75, 3.05) is 0 Å². The maximum absolute atomic E-state index is 13.3. The van der Waals surface area contributed by atoms with Crippen molar-refractivity contribution in [3.05, 3.63) is 52.2 Å². The van der Waals surface area contributed by atoms with Gasteiger partial charge in [0.25, 0.3) is 0 Å². The second kappa shape index (κ2) is 4.51. The summed E-state index contributed by atoms with van der Waals surface area (Å²) in [6.07, 6.45) is 2.38. The number of nitrogens with zero attached hydrogens (tertiary/aromatic N) is 1. The van der Waals surface area contributed by atoms with Crippen molar-refractivity contribution in [1.29, 1.82) is 0 Å². The van der Waals surface area contributed by atoms with E-state index in [1.54, 1.807) is 12.1 Å². The van der Waals surface area contributed by atoms with Gasteiger partial charge in [0.15, 0.2) is 11.6 Å². The third-order valence-corrected chi connectivity index (χ3v) is 3.13. The Morgan fingerprint density at radius 1 is 1.50 bits per heavy atom. The summed E-state index contributed by atoms with van der Waals surface area (Å²) < 4.78 is 13.3. The van der Waals surface area contributed by atoms with Gasteiger partial charge in [-0.2, -0.15) is 0 Å². The number of thiophene rings is 1. The van der Waals surface area contributed by atoms with Crippen LogP contribution in [-0.4, -0.2) is 10.8 Å². The first kappa shape index (κ1) is 10.9. The second-order valence-electron chi connectivity index (χ2n) is 3.21. The van der Waals surface area contributed by atoms with E-state index in [1.807, 2.05) is 5.38 Å². The third-order valence-electron chi connectivity index (χ3n) is 2.17. The smallest absolute Gasteiger partial charge is 0.187 e. The highest BCUT2D eigenvalue weighted by Crippen LogP contribution is 2.21. The SMILES string of the molecule is NC(C(=O)c1ccncc1F)c1cccs1. The molecule has 0 radical (unpaired) electrons. The molecule has 82 valence electrons. The maximum Gasteiger partial charge on any atom is 0.187 e. The van der Waals surface area contributed by atoms with E-state index in [0.717, 1.165) is 11.1 Å². The summed E-state index contributed by atoms with van der Waals surface area (Å²) in [6.45, 7) is 0. The molecule has 0 fully saturated rings. The first-order valence-corrected chi connectivity index (χ1v) is 5.51. The fourth-order valence-electron chi connectivity index (χ4n) is 1.34. The number of pyridine rings is 1. The number of rotatable bonds is 3. The molecule has 0 bridgehead atoms. The number of hydrogen-bond donors (Lipinski definition) is 1. The van der Waals surface area contributed by atoms with Gasteiger partial charge in [-0.1, -0.05) is 6.07 Å². The van der Waals surface area contributed by atoms with E-state index in [2.05, 4.69) is 4.98 Å². The Morgan fingerprint density at radius 2 is 2.31 bits per heavy atom. The van der Waals surface area contributed by atoms with Crippen LogP contribution in [0.15, 0.2) is 36.0 Å². The molecule has 0 aromatic carbocycles. The van der Waals surface area contributed by atoms with Crippen LogP contribution in [0.3, 0.4) is 0 Å². The monoisotopic (exact) mass is 236 g/mol. The number of aromatic nitrogens is 1. The van der Waals surface area contributed by atoms with Crippen LogP contribution in [0.5, 0.6) is 0 Å². The van der Waals surface area contributed by atoms with Gasteiger partial charge in [0, 0.05) is 11.1 Å². The first-order chi connectivity index (χ1) is 7.70. The quantitative estimate of drug-likeness (QED) is 0.831. The van der Waals surface area contributed by atoms with Gasteiger partial charge >= 0.3 is 0 Å². The number of hydrogen-bond acceptors (Lipinski definition) is 4. The molecule has 2 aromatic rings. The lowest BCUT2D eigenvalue weighted by Gasteiger charge is -2.08. The number of halogens is 1. The van der Waals surface area contributed by atoms with Crippen molar-refractivity contribution in [3.8, 4) is 0 Å². The van der Waals surface area contributed by atoms with Gasteiger partial charge in [-0.05, 0) is 17.5 Å². The van der Waals surface area contributed by atoms with Crippen molar-refractivity contribution < 1.29 is 9.18 Å². The number of ketones is 1. The molecule has 0 aliphatic carbocycles. The lowest BCUT2D eigenvalue weighted by Crippen LogP contribution is -2.21. The van der Waals surface area contributed by atoms with E-state index in [9.17, 15) is 9.18 Å². The molecular formula is C11H9FN2OS. The molecule has 2 N–H and O–H groups in total. The van der Waals surface area contributed by atoms with Gasteiger partial charge in [0.2, 0.25) is 0 Å². The Morgan fingerprint density at radius 3 is 2.94 bits per heavy atom. The number of nitrogens with two attached hydrogens (primary N) is 1. The molecular weight excluding hydrogens is 227 g/mol. The number of carbonyl (C=O) groups excluding carboxylic acids is 1. The number of Topliss-reactive ketones (excluding diaryl/α,β-unsaturated/α-hetero) is 1. The molecule has 2 rings (SSSR count). The Bertz CT molecular complexity index is 498. The molecule has 2 heterocycles. The van der Waals surface area contributed by atoms with E-state index >= 15 is 0 Å². The molecule has 16 heavy (non-hydrogen) atoms. The van der Waals surface area contributed by atoms with Gasteiger partial charge in [-0.3, -0.25) is 9.78 Å². The van der Waals surface area contributed by atoms with Crippen molar-refractivity contribution in [1.82, 2.24) is 4.98 Å². The molecule has 5 heteroatoms. The minimum atomic E-state index is -0.808. The fourth-order valence-corrected chi connectivity index (χ4v) is 2.07. The van der Waals surface area contributed by atoms with Crippen molar-refractivity contribution >= 4 is 17.1 Å². The molecule has 0 amide bonds. The van der Waals surface area contributed by atoms with Crippen LogP contribution < -0.4 is 5.73 Å². The van der Waals surface area contributed by atoms with Gasteiger partial charge in [-0.15, -0.1) is 11.3 Å². The van der Waals surface area contributed by atoms with Crippen molar-refractivity contribution in [2.45, 2.75) is 6.04 Å². The molecule has 3 nitrogen and oxygen atoms in total. The van der Waals surface area contributed by atoms with Crippen LogP contribution in [0.25, 0.3) is 0 Å². The van der Waals surface area contributed by atoms with Crippen LogP contribution >= 0.6 is 11.3 Å². The molecule has 0 aliphatic rings. The van der Waals surface area contributed by atoms with Crippen LogP contribution in [0, 0.1) is 5.82 Å². The molecule has 0 saturated heterocycles. The molecule has 0 spiro atoms. The predicted octanol–water partition coefficient (Wildman–Crippen LogP) is 2.16. The summed E-state index contributed by atoms with van der Waals surface area (Å²) >= 11 is 1.38. The van der Waals surface area contributed by atoms with Crippen LogP contribution in [0.1, 0.15) is 21.3 Å². The standard InChI is InChI=1S/C11H9FN2OS/c12-8-6-14-4-3-7(8)11(15)10(13)9-2-1-5-16-9/h1-6,10H,13H2. The average Bonchev–Trinajstić information content (AvgIpc) is 2.81. The van der Waals surface area contributed by atoms with Gasteiger partial charge < -0.3 is 5.73 Å². The minimum absolute atomic E-state index is 0.0177. The highest BCUT2D eigenvalue weighted by molar-refractivity contribution is 7.10. The molecule has 0 saturated carbocycles. The van der Waals surface area contributed by atoms with Crippen LogP contribution in [-0.2, 0) is 0 Å². The van der Waals surface area contributed by atoms with E-state index in [0.29, 0.717) is 0 Å². The summed E-state index contributed by atoms with van der Waals surface area (Å²) in [5.74, 6) is -1.07. The lowest BCUT2D eigenvalue weighted by molar-refractivity contribution is 0.0958. The van der Waals surface area contributed by atoms with Crippen molar-refractivity contribution in [3.63, 3.8) is 0 Å². The summed E-state index contributed by atoms with van der Waals surface area (Å²) in [4.78, 5) is 16.2. The van der Waals surface area contributed by atoms with Crippen LogP contribution in [0.2, 0.25) is 0 Å². The summed E-state index contributed by atoms with van der Waals surface area (Å²) in [5.41, 5.74) is 5.74. The highest BCUT2D eigenvalue weighted by atomic mass is 32.1. The summed E-state index contributed by atoms with van der Waals surface area (Å²) in [5, 5.41) is 1.82. The topological polar surface area (TPSA) is 56.0 Å². The average molecular weight is 236 g/mol. The lowest BCUT2D eigenvalue weighted by atomic mass is 10.0. The molecule has 0 aliphatic heterocycles. The van der Waals surface area contributed by atoms with Crippen LogP contribution in [0.4, 0.5) is 4.39 Å². The van der Waals surface area contributed by atoms with Crippen molar-refractivity contribution in [2.24, 2.45) is 5.73 Å². The Hall–Kier alpha value is -1.59. The van der Waals surface area contributed by atoms with E-state index in [4.69, 9.17) is 5.73 Å². The minimum Gasteiger partial charge on any atom is -0.317 e. The Kier molecular flexibility index (Phi) is 3.07. The molecule has 2 aromatic heterocycles. The Balaban J connectivity index is 2.30. The summed E-state index contributed by atoms with van der Waals surface area (Å²) in [6, 6.07) is 4.09. The zero-order chi connectivity index (χ0) is 11.5.